The highest BCUT2D eigenvalue weighted by atomic mass is 35.5. The van der Waals surface area contributed by atoms with Gasteiger partial charge in [-0.05, 0) is 80.5 Å². The number of rotatable bonds is 3. The second-order valence-corrected chi connectivity index (χ2v) is 11.6. The number of fused-ring (bicyclic) bond motifs is 3. The number of amides is 1. The molecule has 0 unspecified atom stereocenters. The Labute approximate surface area is 242 Å². The first kappa shape index (κ1) is 27.2. The van der Waals surface area contributed by atoms with Gasteiger partial charge in [0.15, 0.2) is 0 Å². The number of hydrogen-bond acceptors (Lipinski definition) is 7. The van der Waals surface area contributed by atoms with E-state index in [0.29, 0.717) is 45.9 Å². The number of nitrogens with zero attached hydrogens (tertiary/aromatic N) is 3. The lowest BCUT2D eigenvalue weighted by atomic mass is 9.97. The van der Waals surface area contributed by atoms with Gasteiger partial charge in [0, 0.05) is 34.6 Å². The van der Waals surface area contributed by atoms with Gasteiger partial charge >= 0.3 is 6.09 Å². The molecule has 1 N–H and O–H groups in total. The van der Waals surface area contributed by atoms with Crippen molar-refractivity contribution in [3.8, 4) is 17.0 Å². The minimum atomic E-state index is -0.681. The molecule has 0 atom stereocenters. The van der Waals surface area contributed by atoms with Crippen molar-refractivity contribution >= 4 is 45.7 Å². The summed E-state index contributed by atoms with van der Waals surface area (Å²) in [6, 6.07) is 9.73. The van der Waals surface area contributed by atoms with Crippen LogP contribution in [0.2, 0.25) is 5.02 Å². The zero-order valence-corrected chi connectivity index (χ0v) is 24.1. The quantitative estimate of drug-likeness (QED) is 0.273. The van der Waals surface area contributed by atoms with Gasteiger partial charge in [0.25, 0.3) is 0 Å². The summed E-state index contributed by atoms with van der Waals surface area (Å²) in [4.78, 5) is 23.4. The van der Waals surface area contributed by atoms with Crippen molar-refractivity contribution in [2.75, 3.05) is 30.0 Å². The summed E-state index contributed by atoms with van der Waals surface area (Å²) in [6.45, 7) is 9.09. The Balaban J connectivity index is 1.39. The minimum Gasteiger partial charge on any atom is -0.474 e. The fourth-order valence-corrected chi connectivity index (χ4v) is 5.46. The third-order valence-electron chi connectivity index (χ3n) is 7.15. The lowest BCUT2D eigenvalue weighted by molar-refractivity contribution is 0.0566. The summed E-state index contributed by atoms with van der Waals surface area (Å²) < 4.78 is 32.7. The molecule has 2 aliphatic rings. The molecule has 8 nitrogen and oxygen atoms in total. The Morgan fingerprint density at radius 3 is 2.73 bits per heavy atom. The fourth-order valence-electron chi connectivity index (χ4n) is 5.20. The van der Waals surface area contributed by atoms with Gasteiger partial charge in [-0.15, -0.1) is 0 Å². The van der Waals surface area contributed by atoms with E-state index in [1.54, 1.807) is 46.2 Å². The van der Waals surface area contributed by atoms with Gasteiger partial charge in [0.05, 0.1) is 24.8 Å². The average Bonchev–Trinajstić information content (AvgIpc) is 2.94. The zero-order chi connectivity index (χ0) is 28.9. The van der Waals surface area contributed by atoms with E-state index in [4.69, 9.17) is 25.8 Å². The van der Waals surface area contributed by atoms with Crippen molar-refractivity contribution in [3.05, 3.63) is 70.3 Å². The molecular weight excluding hydrogens is 547 g/mol. The summed E-state index contributed by atoms with van der Waals surface area (Å²) in [5.74, 6) is 0.288. The van der Waals surface area contributed by atoms with Gasteiger partial charge in [0.2, 0.25) is 5.88 Å². The first-order valence-electron chi connectivity index (χ1n) is 13.5. The lowest BCUT2D eigenvalue weighted by Gasteiger charge is -2.32. The number of ether oxygens (including phenoxy) is 3. The van der Waals surface area contributed by atoms with Crippen molar-refractivity contribution in [1.82, 2.24) is 9.97 Å². The highest BCUT2D eigenvalue weighted by Gasteiger charge is 2.32. The SMILES string of the molecule is Cc1c(-c2cc3cc(Nc4ccc5c(c4)COCC5)ncc3c(Cl)c2F)cnc2c1N(C(=O)OC(C)(C)C)CCO2. The molecule has 212 valence electrons. The predicted octanol–water partition coefficient (Wildman–Crippen LogP) is 7.35. The molecule has 2 aromatic heterocycles. The smallest absolute Gasteiger partial charge is 0.415 e. The van der Waals surface area contributed by atoms with Gasteiger partial charge in [-0.25, -0.2) is 19.2 Å². The third kappa shape index (κ3) is 5.27. The molecule has 0 saturated carbocycles. The minimum absolute atomic E-state index is 0.0418. The van der Waals surface area contributed by atoms with Gasteiger partial charge in [-0.1, -0.05) is 17.7 Å². The van der Waals surface area contributed by atoms with Gasteiger partial charge < -0.3 is 19.5 Å². The summed E-state index contributed by atoms with van der Waals surface area (Å²) in [5.41, 5.74) is 4.45. The first-order chi connectivity index (χ1) is 19.6. The Morgan fingerprint density at radius 2 is 1.93 bits per heavy atom. The van der Waals surface area contributed by atoms with Crippen LogP contribution in [0.4, 0.5) is 26.4 Å². The Hall–Kier alpha value is -3.95. The van der Waals surface area contributed by atoms with Crippen molar-refractivity contribution in [2.45, 2.75) is 46.3 Å². The maximum atomic E-state index is 15.8. The fraction of sp³-hybridized carbons (Fsp3) is 0.323. The predicted molar refractivity (Wildman–Crippen MR) is 157 cm³/mol. The molecular formula is C31H30ClFN4O4. The largest absolute Gasteiger partial charge is 0.474 e. The first-order valence-corrected chi connectivity index (χ1v) is 13.8. The average molecular weight is 577 g/mol. The second-order valence-electron chi connectivity index (χ2n) is 11.2. The zero-order valence-electron chi connectivity index (χ0n) is 23.3. The molecule has 6 rings (SSSR count). The van der Waals surface area contributed by atoms with E-state index in [0.717, 1.165) is 24.3 Å². The highest BCUT2D eigenvalue weighted by Crippen LogP contribution is 2.42. The molecule has 0 radical (unpaired) electrons. The Kier molecular flexibility index (Phi) is 6.95. The summed E-state index contributed by atoms with van der Waals surface area (Å²) in [6.07, 6.45) is 3.49. The van der Waals surface area contributed by atoms with Gasteiger partial charge in [0.1, 0.15) is 29.5 Å². The highest BCUT2D eigenvalue weighted by molar-refractivity contribution is 6.36. The molecule has 4 aromatic rings. The van der Waals surface area contributed by atoms with E-state index >= 15 is 4.39 Å². The van der Waals surface area contributed by atoms with Crippen LogP contribution in [0, 0.1) is 12.7 Å². The molecule has 1 amide bonds. The molecule has 0 bridgehead atoms. The number of hydrogen-bond donors (Lipinski definition) is 1. The molecule has 0 saturated heterocycles. The molecule has 0 fully saturated rings. The van der Waals surface area contributed by atoms with Crippen LogP contribution in [0.25, 0.3) is 21.9 Å². The lowest BCUT2D eigenvalue weighted by Crippen LogP contribution is -2.42. The standard InChI is InChI=1S/C31H30ClFN4O4/c1-17-23(14-35-29-28(17)37(8-10-40-29)30(38)41-31(2,3)4)22-12-19-13-25(34-15-24(19)26(32)27(22)33)36-21-6-5-18-7-9-39-16-20(18)11-21/h5-6,11-15H,7-10,16H2,1-4H3,(H,34,36). The van der Waals surface area contributed by atoms with Crippen LogP contribution >= 0.6 is 11.6 Å². The van der Waals surface area contributed by atoms with Crippen LogP contribution in [0.5, 0.6) is 5.88 Å². The summed E-state index contributed by atoms with van der Waals surface area (Å²) >= 11 is 6.54. The van der Waals surface area contributed by atoms with Crippen molar-refractivity contribution in [1.29, 1.82) is 0 Å². The Bertz CT molecular complexity index is 1690. The van der Waals surface area contributed by atoms with Crippen LogP contribution in [0.3, 0.4) is 0 Å². The van der Waals surface area contributed by atoms with E-state index in [2.05, 4.69) is 27.4 Å². The maximum absolute atomic E-state index is 15.8. The monoisotopic (exact) mass is 576 g/mol. The van der Waals surface area contributed by atoms with E-state index in [-0.39, 0.29) is 23.7 Å². The maximum Gasteiger partial charge on any atom is 0.415 e. The van der Waals surface area contributed by atoms with E-state index in [1.807, 2.05) is 12.1 Å². The van der Waals surface area contributed by atoms with Crippen LogP contribution in [-0.2, 0) is 22.5 Å². The molecule has 0 aliphatic carbocycles. The van der Waals surface area contributed by atoms with Crippen LogP contribution < -0.4 is 15.0 Å². The number of anilines is 3. The summed E-state index contributed by atoms with van der Waals surface area (Å²) in [7, 11) is 0. The number of nitrogens with one attached hydrogen (secondary N) is 1. The van der Waals surface area contributed by atoms with Crippen LogP contribution in [0.15, 0.2) is 42.7 Å². The number of carbonyl (C=O) groups is 1. The number of pyridine rings is 2. The van der Waals surface area contributed by atoms with Gasteiger partial charge in [-0.3, -0.25) is 4.90 Å². The van der Waals surface area contributed by atoms with Crippen LogP contribution in [0.1, 0.15) is 37.5 Å². The number of carbonyl (C=O) groups excluding carboxylic acids is 1. The Morgan fingerprint density at radius 1 is 1.10 bits per heavy atom. The molecule has 0 spiro atoms. The van der Waals surface area contributed by atoms with Crippen molar-refractivity contribution in [3.63, 3.8) is 0 Å². The number of benzene rings is 2. The number of aromatic nitrogens is 2. The van der Waals surface area contributed by atoms with Crippen molar-refractivity contribution in [2.24, 2.45) is 0 Å². The molecule has 4 heterocycles. The molecule has 41 heavy (non-hydrogen) atoms. The van der Waals surface area contributed by atoms with Crippen molar-refractivity contribution < 1.29 is 23.4 Å². The van der Waals surface area contributed by atoms with E-state index < -0.39 is 17.5 Å². The third-order valence-corrected chi connectivity index (χ3v) is 7.52. The molecule has 2 aromatic carbocycles. The summed E-state index contributed by atoms with van der Waals surface area (Å²) in [5, 5.41) is 4.48. The second kappa shape index (κ2) is 10.5. The molecule has 10 heteroatoms. The number of halogens is 2. The van der Waals surface area contributed by atoms with Gasteiger partial charge in [-0.2, -0.15) is 0 Å². The normalized spacial score (nSPS) is 14.7. The van der Waals surface area contributed by atoms with E-state index in [9.17, 15) is 4.79 Å². The topological polar surface area (TPSA) is 85.8 Å². The molecule has 2 aliphatic heterocycles. The van der Waals surface area contributed by atoms with E-state index in [1.165, 1.54) is 10.5 Å². The van der Waals surface area contributed by atoms with Crippen LogP contribution in [-0.4, -0.2) is 41.4 Å².